The zero-order valence-corrected chi connectivity index (χ0v) is 17.9. The monoisotopic (exact) mass is 415 g/mol. The number of pyridine rings is 1. The lowest BCUT2D eigenvalue weighted by Gasteiger charge is -2.23. The molecule has 0 bridgehead atoms. The molecule has 1 saturated carbocycles. The molecule has 3 aromatic rings. The molecular weight excluding hydrogens is 390 g/mol. The van der Waals surface area contributed by atoms with E-state index in [2.05, 4.69) is 33.3 Å². The van der Waals surface area contributed by atoms with E-state index in [1.165, 1.54) is 12.8 Å². The number of hydrogen-bond donors (Lipinski definition) is 2. The number of aryl methyl sites for hydroxylation is 1. The van der Waals surface area contributed by atoms with Crippen LogP contribution in [0.4, 0.5) is 0 Å². The van der Waals surface area contributed by atoms with Crippen LogP contribution >= 0.6 is 0 Å². The summed E-state index contributed by atoms with van der Waals surface area (Å²) in [6.45, 7) is 4.65. The lowest BCUT2D eigenvalue weighted by Crippen LogP contribution is -2.34. The molecule has 2 aliphatic rings. The van der Waals surface area contributed by atoms with Crippen LogP contribution in [-0.4, -0.2) is 44.8 Å². The maximum Gasteiger partial charge on any atom is 0.271 e. The molecular formula is C24H25N5O2. The third-order valence-corrected chi connectivity index (χ3v) is 6.40. The highest BCUT2D eigenvalue weighted by atomic mass is 16.2. The second kappa shape index (κ2) is 7.34. The number of H-pyrrole nitrogens is 1. The van der Waals surface area contributed by atoms with Crippen LogP contribution in [0, 0.1) is 12.8 Å². The number of carbonyl (C=O) groups is 2. The van der Waals surface area contributed by atoms with Gasteiger partial charge in [-0.15, -0.1) is 0 Å². The summed E-state index contributed by atoms with van der Waals surface area (Å²) in [7, 11) is 1.58. The van der Waals surface area contributed by atoms with Gasteiger partial charge in [0.05, 0.1) is 0 Å². The number of nitrogens with zero attached hydrogens (tertiary/aromatic N) is 3. The Morgan fingerprint density at radius 3 is 2.74 bits per heavy atom. The Morgan fingerprint density at radius 1 is 1.23 bits per heavy atom. The predicted molar refractivity (Wildman–Crippen MR) is 117 cm³/mol. The average molecular weight is 415 g/mol. The van der Waals surface area contributed by atoms with Gasteiger partial charge in [-0.25, -0.2) is 4.98 Å². The van der Waals surface area contributed by atoms with Crippen LogP contribution in [0.2, 0.25) is 0 Å². The molecule has 7 nitrogen and oxygen atoms in total. The summed E-state index contributed by atoms with van der Waals surface area (Å²) in [6.07, 6.45) is 4.18. The fraction of sp³-hybridized carbons (Fsp3) is 0.333. The van der Waals surface area contributed by atoms with E-state index in [0.29, 0.717) is 41.4 Å². The molecule has 7 heteroatoms. The molecule has 1 aromatic carbocycles. The molecule has 3 heterocycles. The number of hydrogen-bond acceptors (Lipinski definition) is 4. The Labute approximate surface area is 180 Å². The van der Waals surface area contributed by atoms with E-state index in [-0.39, 0.29) is 11.8 Å². The van der Waals surface area contributed by atoms with Gasteiger partial charge >= 0.3 is 0 Å². The van der Waals surface area contributed by atoms with Crippen LogP contribution in [0.25, 0.3) is 22.6 Å². The van der Waals surface area contributed by atoms with E-state index in [9.17, 15) is 9.59 Å². The van der Waals surface area contributed by atoms with Crippen molar-refractivity contribution < 1.29 is 9.59 Å². The highest BCUT2D eigenvalue weighted by molar-refractivity contribution is 5.99. The number of nitrogens with one attached hydrogen (secondary N) is 2. The quantitative estimate of drug-likeness (QED) is 0.667. The summed E-state index contributed by atoms with van der Waals surface area (Å²) in [4.78, 5) is 38.8. The summed E-state index contributed by atoms with van der Waals surface area (Å²) in [5.41, 5.74) is 5.63. The van der Waals surface area contributed by atoms with Crippen molar-refractivity contribution in [1.82, 2.24) is 25.2 Å². The van der Waals surface area contributed by atoms with Crippen molar-refractivity contribution in [3.8, 4) is 22.6 Å². The summed E-state index contributed by atoms with van der Waals surface area (Å²) < 4.78 is 0. The predicted octanol–water partition coefficient (Wildman–Crippen LogP) is 3.56. The SMILES string of the molecule is CNC(=O)c1nc(-c2cc(-c3ccc4c(c3)CN(C(C)C3CC3)C4=O)ccn2)[nH]c1C. The second-order valence-electron chi connectivity index (χ2n) is 8.45. The number of fused-ring (bicyclic) bond motifs is 1. The molecule has 5 rings (SSSR count). The summed E-state index contributed by atoms with van der Waals surface area (Å²) >= 11 is 0. The van der Waals surface area contributed by atoms with Crippen LogP contribution in [0.5, 0.6) is 0 Å². The highest BCUT2D eigenvalue weighted by Crippen LogP contribution is 2.39. The van der Waals surface area contributed by atoms with Gasteiger partial charge in [0.15, 0.2) is 5.82 Å². The molecule has 2 amide bonds. The zero-order valence-electron chi connectivity index (χ0n) is 17.9. The van der Waals surface area contributed by atoms with E-state index in [4.69, 9.17) is 0 Å². The normalized spacial score (nSPS) is 16.4. The largest absolute Gasteiger partial charge is 0.354 e. The Balaban J connectivity index is 1.45. The van der Waals surface area contributed by atoms with E-state index in [1.807, 2.05) is 36.1 Å². The number of aromatic nitrogens is 3. The lowest BCUT2D eigenvalue weighted by atomic mass is 10.0. The van der Waals surface area contributed by atoms with Crippen molar-refractivity contribution in [2.45, 2.75) is 39.3 Å². The Hall–Kier alpha value is -3.48. The molecule has 2 aromatic heterocycles. The van der Waals surface area contributed by atoms with Gasteiger partial charge in [-0.1, -0.05) is 6.07 Å². The molecule has 158 valence electrons. The lowest BCUT2D eigenvalue weighted by molar-refractivity contribution is 0.0697. The molecule has 0 spiro atoms. The Bertz CT molecular complexity index is 1190. The van der Waals surface area contributed by atoms with E-state index in [0.717, 1.165) is 22.3 Å². The van der Waals surface area contributed by atoms with Gasteiger partial charge in [0.2, 0.25) is 0 Å². The zero-order chi connectivity index (χ0) is 21.7. The topological polar surface area (TPSA) is 91.0 Å². The van der Waals surface area contributed by atoms with Gasteiger partial charge in [-0.3, -0.25) is 14.6 Å². The average Bonchev–Trinajstić information content (AvgIpc) is 3.50. The minimum atomic E-state index is -0.232. The maximum absolute atomic E-state index is 12.8. The van der Waals surface area contributed by atoms with Crippen LogP contribution in [0.15, 0.2) is 36.5 Å². The summed E-state index contributed by atoms with van der Waals surface area (Å²) in [6, 6.07) is 10.2. The number of benzene rings is 1. The van der Waals surface area contributed by atoms with Gasteiger partial charge in [-0.2, -0.15) is 0 Å². The first kappa shape index (κ1) is 19.5. The Morgan fingerprint density at radius 2 is 2.00 bits per heavy atom. The molecule has 0 saturated heterocycles. The summed E-state index contributed by atoms with van der Waals surface area (Å²) in [5.74, 6) is 1.12. The van der Waals surface area contributed by atoms with Crippen molar-refractivity contribution in [3.05, 3.63) is 59.0 Å². The minimum Gasteiger partial charge on any atom is -0.354 e. The van der Waals surface area contributed by atoms with Gasteiger partial charge in [0.25, 0.3) is 11.8 Å². The van der Waals surface area contributed by atoms with Gasteiger partial charge in [-0.05, 0) is 73.6 Å². The fourth-order valence-corrected chi connectivity index (χ4v) is 4.35. The van der Waals surface area contributed by atoms with Crippen LogP contribution in [0.1, 0.15) is 51.9 Å². The van der Waals surface area contributed by atoms with Crippen molar-refractivity contribution in [2.75, 3.05) is 7.05 Å². The number of rotatable bonds is 5. The molecule has 1 aliphatic carbocycles. The summed E-state index contributed by atoms with van der Waals surface area (Å²) in [5, 5.41) is 2.60. The first-order valence-corrected chi connectivity index (χ1v) is 10.7. The maximum atomic E-state index is 12.8. The van der Waals surface area contributed by atoms with Crippen LogP contribution in [-0.2, 0) is 6.54 Å². The third kappa shape index (κ3) is 3.40. The number of carbonyl (C=O) groups excluding carboxylic acids is 2. The molecule has 0 radical (unpaired) electrons. The first-order valence-electron chi connectivity index (χ1n) is 10.7. The molecule has 1 atom stereocenters. The standard InChI is InChI=1S/C24H25N5O2/c1-13-21(23(30)25-3)28-22(27-13)20-11-17(8-9-26-20)16-6-7-19-18(10-16)12-29(24(19)31)14(2)15-4-5-15/h6-11,14-15H,4-5,12H2,1-3H3,(H,25,30)(H,27,28). The number of imidazole rings is 1. The Kier molecular flexibility index (Phi) is 4.61. The van der Waals surface area contributed by atoms with E-state index >= 15 is 0 Å². The second-order valence-corrected chi connectivity index (χ2v) is 8.45. The van der Waals surface area contributed by atoms with Gasteiger partial charge < -0.3 is 15.2 Å². The van der Waals surface area contributed by atoms with E-state index in [1.54, 1.807) is 13.2 Å². The van der Waals surface area contributed by atoms with Gasteiger partial charge in [0, 0.05) is 37.1 Å². The van der Waals surface area contributed by atoms with Gasteiger partial charge in [0.1, 0.15) is 11.4 Å². The van der Waals surface area contributed by atoms with Crippen molar-refractivity contribution in [2.24, 2.45) is 5.92 Å². The number of aromatic amines is 1. The van der Waals surface area contributed by atoms with Crippen molar-refractivity contribution in [1.29, 1.82) is 0 Å². The highest BCUT2D eigenvalue weighted by Gasteiger charge is 2.38. The third-order valence-electron chi connectivity index (χ3n) is 6.40. The van der Waals surface area contributed by atoms with Crippen molar-refractivity contribution in [3.63, 3.8) is 0 Å². The number of amides is 2. The minimum absolute atomic E-state index is 0.143. The molecule has 1 unspecified atom stereocenters. The molecule has 2 N–H and O–H groups in total. The molecule has 31 heavy (non-hydrogen) atoms. The molecule has 1 aliphatic heterocycles. The first-order chi connectivity index (χ1) is 15.0. The van der Waals surface area contributed by atoms with Crippen LogP contribution < -0.4 is 5.32 Å². The fourth-order valence-electron chi connectivity index (χ4n) is 4.35. The molecule has 1 fully saturated rings. The van der Waals surface area contributed by atoms with Crippen LogP contribution in [0.3, 0.4) is 0 Å². The van der Waals surface area contributed by atoms with E-state index < -0.39 is 0 Å². The van der Waals surface area contributed by atoms with Crippen molar-refractivity contribution >= 4 is 11.8 Å². The smallest absolute Gasteiger partial charge is 0.271 e.